The van der Waals surface area contributed by atoms with Crippen LogP contribution in [0.5, 0.6) is 5.75 Å². The Kier molecular flexibility index (Phi) is 6.42. The number of anilines is 2. The molecule has 0 saturated carbocycles. The van der Waals surface area contributed by atoms with Crippen molar-refractivity contribution in [2.75, 3.05) is 37.4 Å². The van der Waals surface area contributed by atoms with Crippen molar-refractivity contribution < 1.29 is 9.53 Å². The number of ether oxygens (including phenoxy) is 1. The second-order valence-corrected chi connectivity index (χ2v) is 3.84. The second-order valence-electron chi connectivity index (χ2n) is 3.84. The Hall–Kier alpha value is -2.05. The fraction of sp³-hybridized carbons (Fsp3) is 0.583. The summed E-state index contributed by atoms with van der Waals surface area (Å²) in [5.74, 6) is 1.54. The fourth-order valence-corrected chi connectivity index (χ4v) is 1.48. The van der Waals surface area contributed by atoms with Gasteiger partial charge in [0.1, 0.15) is 6.33 Å². The van der Waals surface area contributed by atoms with Crippen molar-refractivity contribution in [1.82, 2.24) is 15.3 Å². The molecule has 0 aliphatic heterocycles. The summed E-state index contributed by atoms with van der Waals surface area (Å²) in [6, 6.07) is 0. The van der Waals surface area contributed by atoms with E-state index in [0.29, 0.717) is 23.9 Å². The molecule has 0 atom stereocenters. The van der Waals surface area contributed by atoms with E-state index in [-0.39, 0.29) is 12.5 Å². The van der Waals surface area contributed by atoms with Crippen LogP contribution in [0.3, 0.4) is 0 Å². The molecule has 1 aromatic rings. The highest BCUT2D eigenvalue weighted by molar-refractivity contribution is 5.81. The van der Waals surface area contributed by atoms with Gasteiger partial charge >= 0.3 is 0 Å². The van der Waals surface area contributed by atoms with E-state index >= 15 is 0 Å². The van der Waals surface area contributed by atoms with Crippen LogP contribution >= 0.6 is 0 Å². The number of nitrogens with zero attached hydrogens (tertiary/aromatic N) is 2. The third kappa shape index (κ3) is 4.61. The molecule has 106 valence electrons. The fourth-order valence-electron chi connectivity index (χ4n) is 1.48. The van der Waals surface area contributed by atoms with Crippen molar-refractivity contribution in [3.05, 3.63) is 6.33 Å². The first-order chi connectivity index (χ1) is 9.22. The molecule has 7 nitrogen and oxygen atoms in total. The molecule has 7 heteroatoms. The molecule has 1 aromatic heterocycles. The third-order valence-electron chi connectivity index (χ3n) is 2.34. The first kappa shape index (κ1) is 15.0. The lowest BCUT2D eigenvalue weighted by molar-refractivity contribution is -0.119. The predicted molar refractivity (Wildman–Crippen MR) is 74.5 cm³/mol. The molecule has 0 saturated heterocycles. The lowest BCUT2D eigenvalue weighted by Gasteiger charge is -2.13. The number of hydrogen-bond acceptors (Lipinski definition) is 6. The summed E-state index contributed by atoms with van der Waals surface area (Å²) in [6.07, 6.45) is 2.33. The monoisotopic (exact) mass is 267 g/mol. The number of amides is 1. The molecule has 0 bridgehead atoms. The number of aromatic nitrogens is 2. The van der Waals surface area contributed by atoms with Gasteiger partial charge in [-0.3, -0.25) is 4.79 Å². The van der Waals surface area contributed by atoms with Gasteiger partial charge in [-0.25, -0.2) is 9.97 Å². The maximum Gasteiger partial charge on any atom is 0.239 e. The topological polar surface area (TPSA) is 88.2 Å². The van der Waals surface area contributed by atoms with Crippen LogP contribution in [-0.2, 0) is 4.79 Å². The molecule has 0 radical (unpaired) electrons. The molecule has 0 fully saturated rings. The Morgan fingerprint density at radius 2 is 1.95 bits per heavy atom. The van der Waals surface area contributed by atoms with E-state index in [9.17, 15) is 4.79 Å². The normalized spacial score (nSPS) is 9.84. The van der Waals surface area contributed by atoms with Gasteiger partial charge in [0.2, 0.25) is 11.7 Å². The molecule has 19 heavy (non-hydrogen) atoms. The molecule has 0 aromatic carbocycles. The van der Waals surface area contributed by atoms with E-state index in [4.69, 9.17) is 4.74 Å². The van der Waals surface area contributed by atoms with Gasteiger partial charge in [-0.1, -0.05) is 6.92 Å². The average molecular weight is 267 g/mol. The minimum atomic E-state index is -0.0764. The Labute approximate surface area is 113 Å². The number of carbonyl (C=O) groups is 1. The highest BCUT2D eigenvalue weighted by atomic mass is 16.5. The number of methoxy groups -OCH3 is 1. The Morgan fingerprint density at radius 3 is 2.53 bits per heavy atom. The Balaban J connectivity index is 2.67. The van der Waals surface area contributed by atoms with Crippen molar-refractivity contribution >= 4 is 17.5 Å². The SMILES string of the molecule is CCCNC(=O)CNc1ncnc(NCC)c1OC. The number of nitrogens with one attached hydrogen (secondary N) is 3. The smallest absolute Gasteiger partial charge is 0.239 e. The van der Waals surface area contributed by atoms with Crippen LogP contribution in [0, 0.1) is 0 Å². The lowest BCUT2D eigenvalue weighted by Crippen LogP contribution is -2.30. The first-order valence-corrected chi connectivity index (χ1v) is 6.36. The highest BCUT2D eigenvalue weighted by Gasteiger charge is 2.12. The molecular weight excluding hydrogens is 246 g/mol. The zero-order valence-corrected chi connectivity index (χ0v) is 11.6. The first-order valence-electron chi connectivity index (χ1n) is 6.36. The maximum absolute atomic E-state index is 11.5. The van der Waals surface area contributed by atoms with Gasteiger partial charge in [0.05, 0.1) is 13.7 Å². The molecular formula is C12H21N5O2. The van der Waals surface area contributed by atoms with E-state index in [1.54, 1.807) is 7.11 Å². The molecule has 3 N–H and O–H groups in total. The van der Waals surface area contributed by atoms with E-state index in [2.05, 4.69) is 25.9 Å². The van der Waals surface area contributed by atoms with Crippen LogP contribution < -0.4 is 20.7 Å². The van der Waals surface area contributed by atoms with Crippen molar-refractivity contribution in [2.45, 2.75) is 20.3 Å². The Bertz CT molecular complexity index is 411. The molecule has 0 aliphatic carbocycles. The quantitative estimate of drug-likeness (QED) is 0.647. The average Bonchev–Trinajstić information content (AvgIpc) is 2.43. The van der Waals surface area contributed by atoms with Gasteiger partial charge in [-0.05, 0) is 13.3 Å². The van der Waals surface area contributed by atoms with Gasteiger partial charge in [0.25, 0.3) is 0 Å². The van der Waals surface area contributed by atoms with Gasteiger partial charge in [0.15, 0.2) is 11.6 Å². The molecule has 0 unspecified atom stereocenters. The van der Waals surface area contributed by atoms with Crippen molar-refractivity contribution in [2.24, 2.45) is 0 Å². The summed E-state index contributed by atoms with van der Waals surface area (Å²) < 4.78 is 5.26. The second kappa shape index (κ2) is 8.12. The minimum Gasteiger partial charge on any atom is -0.490 e. The third-order valence-corrected chi connectivity index (χ3v) is 2.34. The van der Waals surface area contributed by atoms with Gasteiger partial charge < -0.3 is 20.7 Å². The number of carbonyl (C=O) groups excluding carboxylic acids is 1. The molecule has 0 aliphatic rings. The largest absolute Gasteiger partial charge is 0.490 e. The molecule has 1 amide bonds. The van der Waals surface area contributed by atoms with Crippen LogP contribution in [0.15, 0.2) is 6.33 Å². The Morgan fingerprint density at radius 1 is 1.26 bits per heavy atom. The number of rotatable bonds is 8. The van der Waals surface area contributed by atoms with Crippen LogP contribution in [0.4, 0.5) is 11.6 Å². The maximum atomic E-state index is 11.5. The zero-order valence-electron chi connectivity index (χ0n) is 11.6. The summed E-state index contributed by atoms with van der Waals surface area (Å²) in [5, 5.41) is 8.79. The zero-order chi connectivity index (χ0) is 14.1. The number of hydrogen-bond donors (Lipinski definition) is 3. The van der Waals surface area contributed by atoms with Gasteiger partial charge in [-0.2, -0.15) is 0 Å². The van der Waals surface area contributed by atoms with Crippen molar-refractivity contribution in [3.8, 4) is 5.75 Å². The van der Waals surface area contributed by atoms with Crippen molar-refractivity contribution in [1.29, 1.82) is 0 Å². The van der Waals surface area contributed by atoms with E-state index < -0.39 is 0 Å². The molecule has 0 spiro atoms. The highest BCUT2D eigenvalue weighted by Crippen LogP contribution is 2.28. The van der Waals surface area contributed by atoms with Gasteiger partial charge in [0, 0.05) is 13.1 Å². The van der Waals surface area contributed by atoms with Crippen LogP contribution in [-0.4, -0.2) is 42.6 Å². The summed E-state index contributed by atoms with van der Waals surface area (Å²) in [6.45, 7) is 5.52. The van der Waals surface area contributed by atoms with Gasteiger partial charge in [-0.15, -0.1) is 0 Å². The summed E-state index contributed by atoms with van der Waals surface area (Å²) in [4.78, 5) is 19.7. The minimum absolute atomic E-state index is 0.0764. The predicted octanol–water partition coefficient (Wildman–Crippen LogP) is 0.855. The van der Waals surface area contributed by atoms with E-state index in [1.807, 2.05) is 13.8 Å². The molecule has 1 rings (SSSR count). The molecule has 1 heterocycles. The standard InChI is InChI=1S/C12H21N5O2/c1-4-6-14-9(18)7-15-12-10(19-3)11(13-5-2)16-8-17-12/h8H,4-7H2,1-3H3,(H,14,18)(H2,13,15,16,17). The summed E-state index contributed by atoms with van der Waals surface area (Å²) in [5.41, 5.74) is 0. The van der Waals surface area contributed by atoms with Crippen molar-refractivity contribution in [3.63, 3.8) is 0 Å². The van der Waals surface area contributed by atoms with Crippen LogP contribution in [0.1, 0.15) is 20.3 Å². The van der Waals surface area contributed by atoms with E-state index in [1.165, 1.54) is 6.33 Å². The summed E-state index contributed by atoms with van der Waals surface area (Å²) >= 11 is 0. The van der Waals surface area contributed by atoms with Crippen LogP contribution in [0.25, 0.3) is 0 Å². The summed E-state index contributed by atoms with van der Waals surface area (Å²) in [7, 11) is 1.54. The lowest BCUT2D eigenvalue weighted by atomic mass is 10.4. The van der Waals surface area contributed by atoms with E-state index in [0.717, 1.165) is 13.0 Å². The van der Waals surface area contributed by atoms with Crippen LogP contribution in [0.2, 0.25) is 0 Å².